The van der Waals surface area contributed by atoms with Crippen LogP contribution in [0.2, 0.25) is 5.02 Å². The number of aromatic nitrogens is 2. The van der Waals surface area contributed by atoms with Crippen LogP contribution in [0.4, 0.5) is 11.6 Å². The number of carbonyl (C=O) groups is 1. The lowest BCUT2D eigenvalue weighted by atomic mass is 10.1. The van der Waals surface area contributed by atoms with E-state index in [4.69, 9.17) is 22.1 Å². The molecule has 0 aliphatic heterocycles. The van der Waals surface area contributed by atoms with Crippen LogP contribution in [0, 0.1) is 6.92 Å². The number of aryl methyl sites for hydroxylation is 1. The van der Waals surface area contributed by atoms with Crippen molar-refractivity contribution in [2.75, 3.05) is 11.1 Å². The molecule has 0 saturated heterocycles. The zero-order valence-corrected chi connectivity index (χ0v) is 15.7. The molecular formula is C20H19ClN4O2. The van der Waals surface area contributed by atoms with Gasteiger partial charge in [0.1, 0.15) is 11.9 Å². The Balaban J connectivity index is 1.74. The van der Waals surface area contributed by atoms with Crippen LogP contribution in [0.15, 0.2) is 54.9 Å². The number of anilines is 2. The van der Waals surface area contributed by atoms with Gasteiger partial charge in [-0.25, -0.2) is 9.97 Å². The highest BCUT2D eigenvalue weighted by Crippen LogP contribution is 2.28. The molecule has 0 aliphatic carbocycles. The second-order valence-corrected chi connectivity index (χ2v) is 6.53. The number of nitrogens with one attached hydrogen (secondary N) is 1. The van der Waals surface area contributed by atoms with E-state index in [2.05, 4.69) is 15.3 Å². The summed E-state index contributed by atoms with van der Waals surface area (Å²) >= 11 is 5.94. The molecule has 1 amide bonds. The quantitative estimate of drug-likeness (QED) is 0.682. The molecule has 2 aromatic heterocycles. The summed E-state index contributed by atoms with van der Waals surface area (Å²) in [5.74, 6) is 0.872. The van der Waals surface area contributed by atoms with Crippen molar-refractivity contribution < 1.29 is 9.53 Å². The van der Waals surface area contributed by atoms with E-state index in [1.807, 2.05) is 32.0 Å². The van der Waals surface area contributed by atoms with Gasteiger partial charge in [0.05, 0.1) is 5.02 Å². The number of nitrogen functional groups attached to an aromatic ring is 1. The number of amides is 1. The van der Waals surface area contributed by atoms with E-state index in [1.165, 1.54) is 6.20 Å². The number of hydrogen-bond donors (Lipinski definition) is 2. The lowest BCUT2D eigenvalue weighted by Gasteiger charge is -2.17. The predicted molar refractivity (Wildman–Crippen MR) is 106 cm³/mol. The third-order valence-corrected chi connectivity index (χ3v) is 4.13. The summed E-state index contributed by atoms with van der Waals surface area (Å²) in [6.45, 7) is 3.80. The average Bonchev–Trinajstić information content (AvgIpc) is 2.65. The zero-order valence-electron chi connectivity index (χ0n) is 14.9. The van der Waals surface area contributed by atoms with Crippen molar-refractivity contribution in [3.8, 4) is 5.75 Å². The summed E-state index contributed by atoms with van der Waals surface area (Å²) in [5.41, 5.74) is 8.23. The normalized spacial score (nSPS) is 11.7. The molecule has 0 radical (unpaired) electrons. The Hall–Kier alpha value is -3.12. The number of nitrogens with two attached hydrogens (primary N) is 1. The number of hydrogen-bond acceptors (Lipinski definition) is 5. The van der Waals surface area contributed by atoms with Gasteiger partial charge in [-0.05, 0) is 43.7 Å². The van der Waals surface area contributed by atoms with Crippen LogP contribution in [0.3, 0.4) is 0 Å². The first-order valence-corrected chi connectivity index (χ1v) is 8.72. The highest BCUT2D eigenvalue weighted by atomic mass is 35.5. The number of ether oxygens (including phenoxy) is 1. The first kappa shape index (κ1) is 18.7. The first-order valence-electron chi connectivity index (χ1n) is 8.34. The molecule has 0 aliphatic rings. The number of halogens is 1. The monoisotopic (exact) mass is 382 g/mol. The van der Waals surface area contributed by atoms with E-state index < -0.39 is 0 Å². The number of nitrogens with zero attached hydrogens (tertiary/aromatic N) is 2. The molecule has 0 bridgehead atoms. The maximum atomic E-state index is 12.4. The van der Waals surface area contributed by atoms with Crippen LogP contribution in [0.5, 0.6) is 5.75 Å². The van der Waals surface area contributed by atoms with Gasteiger partial charge in [0.25, 0.3) is 5.91 Å². The second-order valence-electron chi connectivity index (χ2n) is 6.10. The number of carbonyl (C=O) groups excluding carboxylic acids is 1. The summed E-state index contributed by atoms with van der Waals surface area (Å²) in [7, 11) is 0. The Kier molecular flexibility index (Phi) is 5.57. The SMILES string of the molecule is Cc1cccc(C(=O)Nc2cc([C@@H](C)Oc3cc(Cl)cnc3N)ccn2)c1. The third-order valence-electron chi connectivity index (χ3n) is 3.93. The summed E-state index contributed by atoms with van der Waals surface area (Å²) in [5, 5.41) is 3.24. The van der Waals surface area contributed by atoms with Crippen molar-refractivity contribution >= 4 is 29.1 Å². The Bertz CT molecular complexity index is 978. The molecule has 138 valence electrons. The average molecular weight is 383 g/mol. The number of pyridine rings is 2. The highest BCUT2D eigenvalue weighted by molar-refractivity contribution is 6.30. The van der Waals surface area contributed by atoms with Crippen LogP contribution < -0.4 is 15.8 Å². The molecular weight excluding hydrogens is 364 g/mol. The topological polar surface area (TPSA) is 90.1 Å². The van der Waals surface area contributed by atoms with Gasteiger partial charge >= 0.3 is 0 Å². The minimum atomic E-state index is -0.342. The standard InChI is InChI=1S/C20H19ClN4O2/c1-12-4-3-5-15(8-12)20(26)25-18-9-14(6-7-23-18)13(2)27-17-10-16(21)11-24-19(17)22/h3-11,13H,1-2H3,(H2,22,24)(H,23,25,26)/t13-/m1/s1. The fourth-order valence-electron chi connectivity index (χ4n) is 2.53. The molecule has 2 heterocycles. The molecule has 0 saturated carbocycles. The Labute approximate surface area is 162 Å². The maximum Gasteiger partial charge on any atom is 0.256 e. The van der Waals surface area contributed by atoms with Crippen LogP contribution >= 0.6 is 11.6 Å². The molecule has 0 unspecified atom stereocenters. The fraction of sp³-hybridized carbons (Fsp3) is 0.150. The smallest absolute Gasteiger partial charge is 0.256 e. The molecule has 0 spiro atoms. The maximum absolute atomic E-state index is 12.4. The molecule has 27 heavy (non-hydrogen) atoms. The van der Waals surface area contributed by atoms with E-state index in [1.54, 1.807) is 30.5 Å². The van der Waals surface area contributed by atoms with Gasteiger partial charge in [-0.15, -0.1) is 0 Å². The lowest BCUT2D eigenvalue weighted by Crippen LogP contribution is -2.14. The van der Waals surface area contributed by atoms with Gasteiger partial charge in [0, 0.05) is 24.0 Å². The van der Waals surface area contributed by atoms with Crippen molar-refractivity contribution in [3.63, 3.8) is 0 Å². The second kappa shape index (κ2) is 8.05. The molecule has 3 rings (SSSR count). The number of rotatable bonds is 5. The predicted octanol–water partition coefficient (Wildman–Crippen LogP) is 4.41. The van der Waals surface area contributed by atoms with Crippen molar-refractivity contribution in [1.29, 1.82) is 0 Å². The Morgan fingerprint density at radius 3 is 2.81 bits per heavy atom. The first-order chi connectivity index (χ1) is 12.9. The minimum absolute atomic E-state index is 0.222. The lowest BCUT2D eigenvalue weighted by molar-refractivity contribution is 0.102. The van der Waals surface area contributed by atoms with Gasteiger partial charge in [0.2, 0.25) is 0 Å². The van der Waals surface area contributed by atoms with Crippen LogP contribution in [-0.4, -0.2) is 15.9 Å². The fourth-order valence-corrected chi connectivity index (χ4v) is 2.67. The molecule has 3 N–H and O–H groups in total. The van der Waals surface area contributed by atoms with E-state index in [0.29, 0.717) is 22.2 Å². The minimum Gasteiger partial charge on any atom is -0.482 e. The van der Waals surface area contributed by atoms with Gasteiger partial charge < -0.3 is 15.8 Å². The number of benzene rings is 1. The van der Waals surface area contributed by atoms with Crippen molar-refractivity contribution in [3.05, 3.63) is 76.6 Å². The highest BCUT2D eigenvalue weighted by Gasteiger charge is 2.13. The molecule has 1 aromatic carbocycles. The van der Waals surface area contributed by atoms with E-state index >= 15 is 0 Å². The molecule has 7 heteroatoms. The summed E-state index contributed by atoms with van der Waals surface area (Å²) in [4.78, 5) is 20.6. The summed E-state index contributed by atoms with van der Waals surface area (Å²) < 4.78 is 5.86. The summed E-state index contributed by atoms with van der Waals surface area (Å²) in [6.07, 6.45) is 2.73. The molecule has 0 fully saturated rings. The molecule has 6 nitrogen and oxygen atoms in total. The van der Waals surface area contributed by atoms with Crippen LogP contribution in [0.25, 0.3) is 0 Å². The van der Waals surface area contributed by atoms with E-state index in [0.717, 1.165) is 11.1 Å². The van der Waals surface area contributed by atoms with Gasteiger partial charge in [-0.2, -0.15) is 0 Å². The summed E-state index contributed by atoms with van der Waals surface area (Å²) in [6, 6.07) is 12.5. The van der Waals surface area contributed by atoms with Crippen molar-refractivity contribution in [1.82, 2.24) is 9.97 Å². The van der Waals surface area contributed by atoms with Gasteiger partial charge in [-0.3, -0.25) is 4.79 Å². The van der Waals surface area contributed by atoms with Crippen molar-refractivity contribution in [2.45, 2.75) is 20.0 Å². The third kappa shape index (κ3) is 4.74. The zero-order chi connectivity index (χ0) is 19.4. The van der Waals surface area contributed by atoms with Crippen LogP contribution in [-0.2, 0) is 0 Å². The Morgan fingerprint density at radius 2 is 2.04 bits per heavy atom. The molecule has 1 atom stereocenters. The van der Waals surface area contributed by atoms with E-state index in [-0.39, 0.29) is 17.8 Å². The van der Waals surface area contributed by atoms with E-state index in [9.17, 15) is 4.79 Å². The van der Waals surface area contributed by atoms with Crippen LogP contribution in [0.1, 0.15) is 34.5 Å². The Morgan fingerprint density at radius 1 is 1.22 bits per heavy atom. The molecule has 3 aromatic rings. The van der Waals surface area contributed by atoms with Gasteiger partial charge in [0.15, 0.2) is 11.6 Å². The van der Waals surface area contributed by atoms with Gasteiger partial charge in [-0.1, -0.05) is 29.3 Å². The van der Waals surface area contributed by atoms with Crippen molar-refractivity contribution in [2.24, 2.45) is 0 Å². The largest absolute Gasteiger partial charge is 0.482 e.